The van der Waals surface area contributed by atoms with E-state index in [1.807, 2.05) is 0 Å². The van der Waals surface area contributed by atoms with E-state index in [1.54, 1.807) is 6.07 Å². The summed E-state index contributed by atoms with van der Waals surface area (Å²) in [5.74, 6) is -1.65. The number of carbonyl (C=O) groups is 2. The van der Waals surface area contributed by atoms with E-state index in [9.17, 15) is 19.7 Å². The van der Waals surface area contributed by atoms with Gasteiger partial charge in [-0.3, -0.25) is 19.7 Å². The van der Waals surface area contributed by atoms with Crippen molar-refractivity contribution >= 4 is 17.6 Å². The first-order valence-electron chi connectivity index (χ1n) is 7.28. The van der Waals surface area contributed by atoms with Gasteiger partial charge in [0, 0.05) is 24.4 Å². The van der Waals surface area contributed by atoms with Crippen LogP contribution in [0.25, 0.3) is 5.69 Å². The van der Waals surface area contributed by atoms with Crippen LogP contribution in [0.1, 0.15) is 23.3 Å². The van der Waals surface area contributed by atoms with Crippen molar-refractivity contribution in [3.63, 3.8) is 0 Å². The maximum atomic E-state index is 12.1. The summed E-state index contributed by atoms with van der Waals surface area (Å²) in [5.41, 5.74) is 0.571. The van der Waals surface area contributed by atoms with Crippen LogP contribution in [0.15, 0.2) is 36.5 Å². The van der Waals surface area contributed by atoms with Crippen LogP contribution in [0.3, 0.4) is 0 Å². The zero-order valence-electron chi connectivity index (χ0n) is 12.5. The smallest absolute Gasteiger partial charge is 0.306 e. The molecule has 1 aliphatic carbocycles. The van der Waals surface area contributed by atoms with Gasteiger partial charge in [-0.25, -0.2) is 4.68 Å². The molecule has 1 aliphatic rings. The van der Waals surface area contributed by atoms with Crippen molar-refractivity contribution in [3.05, 3.63) is 52.3 Å². The van der Waals surface area contributed by atoms with Gasteiger partial charge in [0.15, 0.2) is 5.69 Å². The number of nitro groups is 1. The lowest BCUT2D eigenvalue weighted by Gasteiger charge is -2.32. The molecule has 0 unspecified atom stereocenters. The molecule has 1 heterocycles. The molecule has 0 bridgehead atoms. The zero-order chi connectivity index (χ0) is 17.3. The lowest BCUT2D eigenvalue weighted by Crippen LogP contribution is -2.46. The van der Waals surface area contributed by atoms with Crippen molar-refractivity contribution in [1.82, 2.24) is 15.1 Å². The molecule has 0 radical (unpaired) electrons. The van der Waals surface area contributed by atoms with Gasteiger partial charge in [0.2, 0.25) is 0 Å². The Kier molecular flexibility index (Phi) is 3.98. The second-order valence-corrected chi connectivity index (χ2v) is 5.60. The number of aliphatic carboxylic acids is 1. The van der Waals surface area contributed by atoms with E-state index in [-0.39, 0.29) is 17.4 Å². The van der Waals surface area contributed by atoms with Crippen LogP contribution < -0.4 is 5.32 Å². The van der Waals surface area contributed by atoms with E-state index >= 15 is 0 Å². The van der Waals surface area contributed by atoms with Gasteiger partial charge >= 0.3 is 5.97 Å². The summed E-state index contributed by atoms with van der Waals surface area (Å²) in [4.78, 5) is 33.1. The molecule has 24 heavy (non-hydrogen) atoms. The quantitative estimate of drug-likeness (QED) is 0.629. The number of carboxylic acids is 1. The highest BCUT2D eigenvalue weighted by Gasteiger charge is 2.35. The number of amides is 1. The van der Waals surface area contributed by atoms with E-state index in [1.165, 1.54) is 35.1 Å². The Morgan fingerprint density at radius 1 is 1.33 bits per heavy atom. The summed E-state index contributed by atoms with van der Waals surface area (Å²) in [6.07, 6.45) is 2.36. The Balaban J connectivity index is 1.67. The van der Waals surface area contributed by atoms with E-state index < -0.39 is 22.7 Å². The monoisotopic (exact) mass is 330 g/mol. The number of nitrogens with one attached hydrogen (secondary N) is 1. The number of rotatable bonds is 5. The Labute approximate surface area is 136 Å². The van der Waals surface area contributed by atoms with Crippen LogP contribution in [0, 0.1) is 16.0 Å². The molecule has 124 valence electrons. The topological polar surface area (TPSA) is 127 Å². The SMILES string of the molecule is O=C(NC1CC(C(=O)O)C1)c1ccn(-c2cccc([N+](=O)[O-])c2)n1. The molecule has 9 nitrogen and oxygen atoms in total. The fourth-order valence-electron chi connectivity index (χ4n) is 2.53. The Morgan fingerprint density at radius 3 is 2.75 bits per heavy atom. The van der Waals surface area contributed by atoms with Crippen molar-refractivity contribution in [2.45, 2.75) is 18.9 Å². The summed E-state index contributed by atoms with van der Waals surface area (Å²) in [7, 11) is 0. The second kappa shape index (κ2) is 6.11. The van der Waals surface area contributed by atoms with Crippen molar-refractivity contribution in [2.75, 3.05) is 0 Å². The number of nitrogens with zero attached hydrogens (tertiary/aromatic N) is 3. The molecule has 0 saturated heterocycles. The van der Waals surface area contributed by atoms with Crippen molar-refractivity contribution in [3.8, 4) is 5.69 Å². The number of hydrogen-bond donors (Lipinski definition) is 2. The molecule has 1 fully saturated rings. The molecule has 9 heteroatoms. The molecule has 2 N–H and O–H groups in total. The van der Waals surface area contributed by atoms with Gasteiger partial charge in [-0.15, -0.1) is 0 Å². The van der Waals surface area contributed by atoms with Crippen molar-refractivity contribution < 1.29 is 19.6 Å². The highest BCUT2D eigenvalue weighted by molar-refractivity contribution is 5.92. The van der Waals surface area contributed by atoms with Crippen LogP contribution in [0.4, 0.5) is 5.69 Å². The fourth-order valence-corrected chi connectivity index (χ4v) is 2.53. The summed E-state index contributed by atoms with van der Waals surface area (Å²) >= 11 is 0. The largest absolute Gasteiger partial charge is 0.481 e. The van der Waals surface area contributed by atoms with E-state index in [0.29, 0.717) is 18.5 Å². The number of non-ortho nitro benzene ring substituents is 1. The normalized spacial score (nSPS) is 19.3. The maximum absolute atomic E-state index is 12.1. The number of benzene rings is 1. The third-order valence-corrected chi connectivity index (χ3v) is 3.95. The number of carboxylic acid groups (broad SMARTS) is 1. The van der Waals surface area contributed by atoms with Crippen LogP contribution in [-0.4, -0.2) is 37.7 Å². The van der Waals surface area contributed by atoms with Gasteiger partial charge in [0.05, 0.1) is 16.5 Å². The van der Waals surface area contributed by atoms with E-state index in [4.69, 9.17) is 5.11 Å². The first-order chi connectivity index (χ1) is 11.4. The first-order valence-corrected chi connectivity index (χ1v) is 7.28. The van der Waals surface area contributed by atoms with Gasteiger partial charge in [-0.2, -0.15) is 5.10 Å². The zero-order valence-corrected chi connectivity index (χ0v) is 12.5. The molecule has 0 aliphatic heterocycles. The predicted molar refractivity (Wildman–Crippen MR) is 81.8 cm³/mol. The van der Waals surface area contributed by atoms with Crippen LogP contribution >= 0.6 is 0 Å². The van der Waals surface area contributed by atoms with Crippen molar-refractivity contribution in [1.29, 1.82) is 0 Å². The summed E-state index contributed by atoms with van der Waals surface area (Å²) < 4.78 is 1.38. The number of aromatic nitrogens is 2. The number of hydrogen-bond acceptors (Lipinski definition) is 5. The lowest BCUT2D eigenvalue weighted by atomic mass is 9.80. The Hall–Kier alpha value is -3.23. The Morgan fingerprint density at radius 2 is 2.08 bits per heavy atom. The van der Waals surface area contributed by atoms with E-state index in [0.717, 1.165) is 0 Å². The van der Waals surface area contributed by atoms with Crippen molar-refractivity contribution in [2.24, 2.45) is 5.92 Å². The molecule has 1 saturated carbocycles. The fraction of sp³-hybridized carbons (Fsp3) is 0.267. The molecule has 1 amide bonds. The predicted octanol–water partition coefficient (Wildman–Crippen LogP) is 1.37. The minimum atomic E-state index is -0.851. The van der Waals surface area contributed by atoms with Gasteiger partial charge < -0.3 is 10.4 Å². The molecule has 2 aromatic rings. The summed E-state index contributed by atoms with van der Waals surface area (Å²) in [6, 6.07) is 7.25. The maximum Gasteiger partial charge on any atom is 0.306 e. The number of carbonyl (C=O) groups excluding carboxylic acids is 1. The third-order valence-electron chi connectivity index (χ3n) is 3.95. The van der Waals surface area contributed by atoms with Gasteiger partial charge in [-0.1, -0.05) is 6.07 Å². The minimum absolute atomic E-state index is 0.0665. The van der Waals surface area contributed by atoms with Gasteiger partial charge in [0.25, 0.3) is 11.6 Å². The van der Waals surface area contributed by atoms with Gasteiger partial charge in [0.1, 0.15) is 0 Å². The lowest BCUT2D eigenvalue weighted by molar-refractivity contribution is -0.384. The molecule has 3 rings (SSSR count). The van der Waals surface area contributed by atoms with Crippen LogP contribution in [0.5, 0.6) is 0 Å². The average molecular weight is 330 g/mol. The molecular formula is C15H14N4O5. The highest BCUT2D eigenvalue weighted by atomic mass is 16.6. The summed E-state index contributed by atoms with van der Waals surface area (Å²) in [5, 5.41) is 26.5. The molecule has 0 atom stereocenters. The third kappa shape index (κ3) is 3.09. The van der Waals surface area contributed by atoms with Gasteiger partial charge in [-0.05, 0) is 25.0 Å². The molecule has 0 spiro atoms. The molecule has 1 aromatic heterocycles. The molecule has 1 aromatic carbocycles. The average Bonchev–Trinajstić information content (AvgIpc) is 3.00. The van der Waals surface area contributed by atoms with Crippen LogP contribution in [0.2, 0.25) is 0 Å². The molecular weight excluding hydrogens is 316 g/mol. The standard InChI is InChI=1S/C15H14N4O5/c20-14(16-10-6-9(7-10)15(21)22)13-4-5-18(17-13)11-2-1-3-12(8-11)19(23)24/h1-5,8-10H,6-7H2,(H,16,20)(H,21,22). The minimum Gasteiger partial charge on any atom is -0.481 e. The van der Waals surface area contributed by atoms with Crippen LogP contribution in [-0.2, 0) is 4.79 Å². The second-order valence-electron chi connectivity index (χ2n) is 5.60. The Bertz CT molecular complexity index is 810. The first kappa shape index (κ1) is 15.7. The number of nitro benzene ring substituents is 1. The summed E-state index contributed by atoms with van der Waals surface area (Å²) in [6.45, 7) is 0. The highest BCUT2D eigenvalue weighted by Crippen LogP contribution is 2.27. The van der Waals surface area contributed by atoms with E-state index in [2.05, 4.69) is 10.4 Å².